The molecule has 7 nitrogen and oxygen atoms in total. The van der Waals surface area contributed by atoms with Gasteiger partial charge in [0.1, 0.15) is 5.82 Å². The predicted molar refractivity (Wildman–Crippen MR) is 79.4 cm³/mol. The average Bonchev–Trinajstić information content (AvgIpc) is 2.33. The van der Waals surface area contributed by atoms with Crippen molar-refractivity contribution in [2.45, 2.75) is 26.2 Å². The summed E-state index contributed by atoms with van der Waals surface area (Å²) in [4.78, 5) is 20.7. The van der Waals surface area contributed by atoms with Crippen molar-refractivity contribution in [2.24, 2.45) is 0 Å². The zero-order valence-corrected chi connectivity index (χ0v) is 12.9. The first kappa shape index (κ1) is 16.6. The molecule has 0 bridgehead atoms. The molecule has 0 atom stereocenters. The molecule has 1 aromatic rings. The Hall–Kier alpha value is -1.47. The topological polar surface area (TPSA) is 84.2 Å². The molecule has 0 aliphatic carbocycles. The highest BCUT2D eigenvalue weighted by molar-refractivity contribution is 6.31. The van der Waals surface area contributed by atoms with Crippen LogP contribution in [-0.2, 0) is 0 Å². The number of rotatable bonds is 7. The molecule has 1 N–H and O–H groups in total. The zero-order valence-electron chi connectivity index (χ0n) is 12.2. The van der Waals surface area contributed by atoms with E-state index in [4.69, 9.17) is 11.6 Å². The summed E-state index contributed by atoms with van der Waals surface area (Å²) in [5.41, 5.74) is -0.263. The van der Waals surface area contributed by atoms with Crippen LogP contribution in [0, 0.1) is 10.1 Å². The van der Waals surface area contributed by atoms with Gasteiger partial charge in [0.25, 0.3) is 0 Å². The van der Waals surface area contributed by atoms with Gasteiger partial charge in [-0.3, -0.25) is 10.1 Å². The van der Waals surface area contributed by atoms with Crippen LogP contribution >= 0.6 is 11.6 Å². The number of aromatic nitrogens is 2. The summed E-state index contributed by atoms with van der Waals surface area (Å²) in [7, 11) is 3.95. The Bertz CT molecular complexity index is 479. The van der Waals surface area contributed by atoms with Gasteiger partial charge < -0.3 is 10.2 Å². The second-order valence-corrected chi connectivity index (χ2v) is 5.42. The molecule has 1 heterocycles. The standard InChI is InChI=1S/C12H20ClN5O2/c1-8(2)11-15-10(13)9(18(19)20)12(16-11)14-6-5-7-17(3)4/h8H,5-7H2,1-4H3,(H,14,15,16). The molecule has 1 aromatic heterocycles. The summed E-state index contributed by atoms with van der Waals surface area (Å²) in [6.45, 7) is 5.29. The molecule has 20 heavy (non-hydrogen) atoms. The maximum Gasteiger partial charge on any atom is 0.348 e. The predicted octanol–water partition coefficient (Wildman–Crippen LogP) is 2.53. The molecule has 0 spiro atoms. The molecule has 0 aliphatic rings. The first-order valence-corrected chi connectivity index (χ1v) is 6.81. The average molecular weight is 302 g/mol. The summed E-state index contributed by atoms with van der Waals surface area (Å²) in [6, 6.07) is 0. The van der Waals surface area contributed by atoms with Crippen LogP contribution in [0.15, 0.2) is 0 Å². The van der Waals surface area contributed by atoms with Crippen molar-refractivity contribution in [3.63, 3.8) is 0 Å². The SMILES string of the molecule is CC(C)c1nc(Cl)c([N+](=O)[O-])c(NCCCN(C)C)n1. The van der Waals surface area contributed by atoms with Gasteiger partial charge in [0, 0.05) is 12.5 Å². The van der Waals surface area contributed by atoms with E-state index in [0.717, 1.165) is 13.0 Å². The molecule has 0 saturated carbocycles. The van der Waals surface area contributed by atoms with Gasteiger partial charge in [0.2, 0.25) is 11.0 Å². The van der Waals surface area contributed by atoms with Gasteiger partial charge in [0.05, 0.1) is 4.92 Å². The Morgan fingerprint density at radius 3 is 2.55 bits per heavy atom. The fourth-order valence-corrected chi connectivity index (χ4v) is 1.83. The fraction of sp³-hybridized carbons (Fsp3) is 0.667. The van der Waals surface area contributed by atoms with E-state index < -0.39 is 4.92 Å². The van der Waals surface area contributed by atoms with Gasteiger partial charge in [-0.15, -0.1) is 0 Å². The number of nitrogens with one attached hydrogen (secondary N) is 1. The first-order valence-electron chi connectivity index (χ1n) is 6.43. The maximum absolute atomic E-state index is 11.1. The Balaban J connectivity index is 2.93. The van der Waals surface area contributed by atoms with E-state index in [2.05, 4.69) is 15.3 Å². The molecule has 0 aromatic carbocycles. The van der Waals surface area contributed by atoms with Crippen molar-refractivity contribution >= 4 is 23.1 Å². The van der Waals surface area contributed by atoms with Crippen molar-refractivity contribution in [1.29, 1.82) is 0 Å². The van der Waals surface area contributed by atoms with Crippen LogP contribution < -0.4 is 5.32 Å². The van der Waals surface area contributed by atoms with Crippen LogP contribution in [0.3, 0.4) is 0 Å². The largest absolute Gasteiger partial charge is 0.364 e. The number of nitrogens with zero attached hydrogens (tertiary/aromatic N) is 4. The van der Waals surface area contributed by atoms with Crippen LogP contribution in [0.25, 0.3) is 0 Å². The highest BCUT2D eigenvalue weighted by Crippen LogP contribution is 2.30. The summed E-state index contributed by atoms with van der Waals surface area (Å²) in [6.07, 6.45) is 0.850. The van der Waals surface area contributed by atoms with Crippen molar-refractivity contribution in [2.75, 3.05) is 32.5 Å². The number of anilines is 1. The van der Waals surface area contributed by atoms with E-state index in [-0.39, 0.29) is 22.6 Å². The molecule has 0 fully saturated rings. The second-order valence-electron chi connectivity index (χ2n) is 5.07. The molecule has 0 saturated heterocycles. The van der Waals surface area contributed by atoms with Crippen LogP contribution in [0.1, 0.15) is 32.0 Å². The van der Waals surface area contributed by atoms with Gasteiger partial charge in [-0.25, -0.2) is 9.97 Å². The molecule has 1 rings (SSSR count). The van der Waals surface area contributed by atoms with E-state index in [1.165, 1.54) is 0 Å². The van der Waals surface area contributed by atoms with Crippen molar-refractivity contribution in [3.05, 3.63) is 21.1 Å². The number of hydrogen-bond acceptors (Lipinski definition) is 6. The molecule has 0 amide bonds. The monoisotopic (exact) mass is 301 g/mol. The molecular weight excluding hydrogens is 282 g/mol. The number of nitro groups is 1. The van der Waals surface area contributed by atoms with Gasteiger partial charge in [-0.2, -0.15) is 0 Å². The maximum atomic E-state index is 11.1. The van der Waals surface area contributed by atoms with E-state index in [1.807, 2.05) is 32.8 Å². The molecule has 8 heteroatoms. The Morgan fingerprint density at radius 2 is 2.05 bits per heavy atom. The van der Waals surface area contributed by atoms with Crippen LogP contribution in [-0.4, -0.2) is 47.0 Å². The lowest BCUT2D eigenvalue weighted by molar-refractivity contribution is -0.384. The third-order valence-electron chi connectivity index (χ3n) is 2.63. The zero-order chi connectivity index (χ0) is 15.3. The minimum Gasteiger partial charge on any atom is -0.364 e. The number of halogens is 1. The Kier molecular flexibility index (Phi) is 6.09. The van der Waals surface area contributed by atoms with Gasteiger partial charge in [0.15, 0.2) is 0 Å². The van der Waals surface area contributed by atoms with Gasteiger partial charge in [-0.05, 0) is 27.1 Å². The van der Waals surface area contributed by atoms with Gasteiger partial charge >= 0.3 is 5.69 Å². The summed E-state index contributed by atoms with van der Waals surface area (Å²) in [5, 5.41) is 13.9. The second kappa shape index (κ2) is 7.35. The third-order valence-corrected chi connectivity index (χ3v) is 2.90. The smallest absolute Gasteiger partial charge is 0.348 e. The van der Waals surface area contributed by atoms with E-state index in [0.29, 0.717) is 12.4 Å². The van der Waals surface area contributed by atoms with E-state index in [9.17, 15) is 10.1 Å². The van der Waals surface area contributed by atoms with Gasteiger partial charge in [-0.1, -0.05) is 25.4 Å². The molecule has 112 valence electrons. The fourth-order valence-electron chi connectivity index (χ4n) is 1.59. The quantitative estimate of drug-likeness (QED) is 0.360. The summed E-state index contributed by atoms with van der Waals surface area (Å²) in [5.74, 6) is 0.740. The van der Waals surface area contributed by atoms with E-state index in [1.54, 1.807) is 0 Å². The molecular formula is C12H20ClN5O2. The molecule has 0 radical (unpaired) electrons. The first-order chi connectivity index (χ1) is 9.32. The lowest BCUT2D eigenvalue weighted by atomic mass is 10.2. The van der Waals surface area contributed by atoms with Crippen molar-refractivity contribution in [1.82, 2.24) is 14.9 Å². The van der Waals surface area contributed by atoms with Crippen LogP contribution in [0.4, 0.5) is 11.5 Å². The van der Waals surface area contributed by atoms with Crippen LogP contribution in [0.5, 0.6) is 0 Å². The lowest BCUT2D eigenvalue weighted by Gasteiger charge is -2.12. The van der Waals surface area contributed by atoms with Crippen LogP contribution in [0.2, 0.25) is 5.15 Å². The van der Waals surface area contributed by atoms with Crippen molar-refractivity contribution in [3.8, 4) is 0 Å². The third kappa shape index (κ3) is 4.57. The highest BCUT2D eigenvalue weighted by Gasteiger charge is 2.24. The number of hydrogen-bond donors (Lipinski definition) is 1. The Morgan fingerprint density at radius 1 is 1.40 bits per heavy atom. The minimum atomic E-state index is -0.555. The normalized spacial score (nSPS) is 11.2. The Labute approximate surface area is 123 Å². The van der Waals surface area contributed by atoms with E-state index >= 15 is 0 Å². The lowest BCUT2D eigenvalue weighted by Crippen LogP contribution is -2.17. The van der Waals surface area contributed by atoms with Crippen molar-refractivity contribution < 1.29 is 4.92 Å². The molecule has 0 aliphatic heterocycles. The summed E-state index contributed by atoms with van der Waals surface area (Å²) >= 11 is 5.90. The molecule has 0 unspecified atom stereocenters. The minimum absolute atomic E-state index is 0.0515. The highest BCUT2D eigenvalue weighted by atomic mass is 35.5. The summed E-state index contributed by atoms with van der Waals surface area (Å²) < 4.78 is 0.